The van der Waals surface area contributed by atoms with Crippen LogP contribution >= 0.6 is 0 Å². The molecule has 3 nitrogen and oxygen atoms in total. The highest BCUT2D eigenvalue weighted by atomic mass is 15.2. The van der Waals surface area contributed by atoms with Gasteiger partial charge in [0, 0.05) is 43.1 Å². The zero-order valence-electron chi connectivity index (χ0n) is 16.7. The van der Waals surface area contributed by atoms with Gasteiger partial charge in [0.05, 0.1) is 0 Å². The third kappa shape index (κ3) is 5.09. The minimum absolute atomic E-state index is 0.587. The third-order valence-electron chi connectivity index (χ3n) is 5.18. The van der Waals surface area contributed by atoms with Crippen molar-refractivity contribution in [3.05, 3.63) is 59.7 Å². The Morgan fingerprint density at radius 2 is 1.31 bits per heavy atom. The van der Waals surface area contributed by atoms with Gasteiger partial charge in [0.15, 0.2) is 0 Å². The van der Waals surface area contributed by atoms with E-state index < -0.39 is 0 Å². The summed E-state index contributed by atoms with van der Waals surface area (Å²) in [5, 5.41) is 3.62. The molecule has 0 radical (unpaired) electrons. The van der Waals surface area contributed by atoms with Gasteiger partial charge in [-0.2, -0.15) is 0 Å². The van der Waals surface area contributed by atoms with E-state index in [1.54, 1.807) is 0 Å². The second kappa shape index (κ2) is 8.70. The monoisotopic (exact) mass is 351 g/mol. The van der Waals surface area contributed by atoms with Crippen LogP contribution in [0.2, 0.25) is 0 Å². The predicted molar refractivity (Wildman–Crippen MR) is 112 cm³/mol. The van der Waals surface area contributed by atoms with Gasteiger partial charge in [0.1, 0.15) is 0 Å². The Labute approximate surface area is 159 Å². The van der Waals surface area contributed by atoms with E-state index in [-0.39, 0.29) is 0 Å². The van der Waals surface area contributed by atoms with E-state index in [0.29, 0.717) is 12.1 Å². The molecule has 0 saturated carbocycles. The highest BCUT2D eigenvalue weighted by Gasteiger charge is 2.20. The fourth-order valence-corrected chi connectivity index (χ4v) is 3.93. The van der Waals surface area contributed by atoms with E-state index in [4.69, 9.17) is 0 Å². The molecule has 26 heavy (non-hydrogen) atoms. The standard InChI is InChI=1S/C23H33N3/c1-18-6-10-22(11-7-18)26(23-12-8-19(2)9-13-23)15-5-14-25-16-20(3)24-21(4)17-25/h6-13,20-21,24H,5,14-17H2,1-4H3. The van der Waals surface area contributed by atoms with E-state index in [9.17, 15) is 0 Å². The van der Waals surface area contributed by atoms with Gasteiger partial charge in [0.2, 0.25) is 0 Å². The third-order valence-corrected chi connectivity index (χ3v) is 5.18. The number of rotatable bonds is 6. The van der Waals surface area contributed by atoms with Crippen LogP contribution in [-0.2, 0) is 0 Å². The van der Waals surface area contributed by atoms with Gasteiger partial charge in [-0.1, -0.05) is 35.4 Å². The molecule has 140 valence electrons. The van der Waals surface area contributed by atoms with Crippen LogP contribution < -0.4 is 10.2 Å². The van der Waals surface area contributed by atoms with Crippen molar-refractivity contribution in [1.29, 1.82) is 0 Å². The molecule has 0 amide bonds. The van der Waals surface area contributed by atoms with Crippen LogP contribution in [0, 0.1) is 13.8 Å². The maximum absolute atomic E-state index is 3.62. The SMILES string of the molecule is Cc1ccc(N(CCCN2CC(C)NC(C)C2)c2ccc(C)cc2)cc1. The molecule has 1 aliphatic rings. The molecule has 3 heteroatoms. The molecule has 1 N–H and O–H groups in total. The van der Waals surface area contributed by atoms with Crippen LogP contribution in [0.1, 0.15) is 31.4 Å². The molecule has 0 aromatic heterocycles. The molecule has 1 fully saturated rings. The molecular formula is C23H33N3. The maximum atomic E-state index is 3.62. The van der Waals surface area contributed by atoms with Crippen molar-refractivity contribution in [2.45, 2.75) is 46.2 Å². The Morgan fingerprint density at radius 3 is 1.77 bits per heavy atom. The summed E-state index contributed by atoms with van der Waals surface area (Å²) in [6, 6.07) is 19.0. The molecule has 2 atom stereocenters. The van der Waals surface area contributed by atoms with Gasteiger partial charge >= 0.3 is 0 Å². The van der Waals surface area contributed by atoms with E-state index in [2.05, 4.69) is 91.3 Å². The predicted octanol–water partition coefficient (Wildman–Crippen LogP) is 4.51. The molecule has 3 rings (SSSR count). The van der Waals surface area contributed by atoms with E-state index in [1.807, 2.05) is 0 Å². The normalized spacial score (nSPS) is 20.9. The number of hydrogen-bond acceptors (Lipinski definition) is 3. The molecular weight excluding hydrogens is 318 g/mol. The van der Waals surface area contributed by atoms with Crippen LogP contribution in [0.25, 0.3) is 0 Å². The van der Waals surface area contributed by atoms with E-state index in [0.717, 1.165) is 26.2 Å². The molecule has 0 spiro atoms. The molecule has 2 unspecified atom stereocenters. The maximum Gasteiger partial charge on any atom is 0.0410 e. The first kappa shape index (κ1) is 18.9. The number of nitrogens with zero attached hydrogens (tertiary/aromatic N) is 2. The second-order valence-corrected chi connectivity index (χ2v) is 7.90. The number of nitrogens with one attached hydrogen (secondary N) is 1. The number of aryl methyl sites for hydroxylation is 2. The van der Waals surface area contributed by atoms with Crippen molar-refractivity contribution in [2.24, 2.45) is 0 Å². The van der Waals surface area contributed by atoms with Crippen molar-refractivity contribution in [3.8, 4) is 0 Å². The van der Waals surface area contributed by atoms with Crippen LogP contribution in [0.15, 0.2) is 48.5 Å². The van der Waals surface area contributed by atoms with Gasteiger partial charge in [-0.25, -0.2) is 0 Å². The van der Waals surface area contributed by atoms with Crippen LogP contribution in [-0.4, -0.2) is 43.2 Å². The van der Waals surface area contributed by atoms with E-state index >= 15 is 0 Å². The lowest BCUT2D eigenvalue weighted by molar-refractivity contribution is 0.173. The van der Waals surface area contributed by atoms with Crippen molar-refractivity contribution < 1.29 is 0 Å². The average molecular weight is 352 g/mol. The summed E-state index contributed by atoms with van der Waals surface area (Å²) in [4.78, 5) is 5.06. The first-order valence-corrected chi connectivity index (χ1v) is 9.90. The van der Waals surface area contributed by atoms with Crippen molar-refractivity contribution >= 4 is 11.4 Å². The van der Waals surface area contributed by atoms with Gasteiger partial charge < -0.3 is 15.1 Å². The van der Waals surface area contributed by atoms with Crippen LogP contribution in [0.4, 0.5) is 11.4 Å². The minimum Gasteiger partial charge on any atom is -0.341 e. The number of benzene rings is 2. The lowest BCUT2D eigenvalue weighted by Crippen LogP contribution is -2.54. The molecule has 1 saturated heterocycles. The summed E-state index contributed by atoms with van der Waals surface area (Å²) in [6.45, 7) is 13.4. The fraction of sp³-hybridized carbons (Fsp3) is 0.478. The summed E-state index contributed by atoms with van der Waals surface area (Å²) >= 11 is 0. The highest BCUT2D eigenvalue weighted by molar-refractivity contribution is 5.63. The van der Waals surface area contributed by atoms with Crippen molar-refractivity contribution in [1.82, 2.24) is 10.2 Å². The molecule has 2 aromatic carbocycles. The van der Waals surface area contributed by atoms with Crippen LogP contribution in [0.5, 0.6) is 0 Å². The molecule has 1 aliphatic heterocycles. The molecule has 1 heterocycles. The second-order valence-electron chi connectivity index (χ2n) is 7.90. The Hall–Kier alpha value is -1.84. The largest absolute Gasteiger partial charge is 0.341 e. The van der Waals surface area contributed by atoms with Crippen LogP contribution in [0.3, 0.4) is 0 Å². The Balaban J connectivity index is 1.67. The summed E-state index contributed by atoms with van der Waals surface area (Å²) in [5.74, 6) is 0. The minimum atomic E-state index is 0.587. The summed E-state index contributed by atoms with van der Waals surface area (Å²) in [7, 11) is 0. The Kier molecular flexibility index (Phi) is 6.33. The first-order valence-electron chi connectivity index (χ1n) is 9.90. The number of piperazine rings is 1. The number of anilines is 2. The summed E-state index contributed by atoms with van der Waals surface area (Å²) in [5.41, 5.74) is 5.17. The first-order chi connectivity index (χ1) is 12.5. The van der Waals surface area contributed by atoms with Gasteiger partial charge in [-0.3, -0.25) is 0 Å². The smallest absolute Gasteiger partial charge is 0.0410 e. The van der Waals surface area contributed by atoms with Gasteiger partial charge in [0.25, 0.3) is 0 Å². The van der Waals surface area contributed by atoms with E-state index in [1.165, 1.54) is 28.9 Å². The number of hydrogen-bond donors (Lipinski definition) is 1. The van der Waals surface area contributed by atoms with Crippen molar-refractivity contribution in [3.63, 3.8) is 0 Å². The Bertz CT molecular complexity index is 622. The quantitative estimate of drug-likeness (QED) is 0.826. The van der Waals surface area contributed by atoms with Gasteiger partial charge in [-0.15, -0.1) is 0 Å². The lowest BCUT2D eigenvalue weighted by atomic mass is 10.1. The molecule has 2 aromatic rings. The average Bonchev–Trinajstić information content (AvgIpc) is 2.60. The lowest BCUT2D eigenvalue weighted by Gasteiger charge is -2.36. The summed E-state index contributed by atoms with van der Waals surface area (Å²) in [6.07, 6.45) is 1.17. The fourth-order valence-electron chi connectivity index (χ4n) is 3.93. The highest BCUT2D eigenvalue weighted by Crippen LogP contribution is 2.26. The van der Waals surface area contributed by atoms with Gasteiger partial charge in [-0.05, 0) is 64.9 Å². The zero-order valence-corrected chi connectivity index (χ0v) is 16.7. The Morgan fingerprint density at radius 1 is 0.846 bits per heavy atom. The molecule has 0 aliphatic carbocycles. The summed E-state index contributed by atoms with van der Waals surface area (Å²) < 4.78 is 0. The van der Waals surface area contributed by atoms with Crippen molar-refractivity contribution in [2.75, 3.05) is 31.1 Å². The zero-order chi connectivity index (χ0) is 18.5. The topological polar surface area (TPSA) is 18.5 Å². The molecule has 0 bridgehead atoms.